The lowest BCUT2D eigenvalue weighted by Crippen LogP contribution is -2.49. The van der Waals surface area contributed by atoms with Crippen molar-refractivity contribution in [2.45, 2.75) is 20.0 Å². The van der Waals surface area contributed by atoms with E-state index in [1.54, 1.807) is 11.0 Å². The van der Waals surface area contributed by atoms with E-state index >= 15 is 0 Å². The molecule has 1 aliphatic heterocycles. The molecule has 4 rings (SSSR count). The zero-order chi connectivity index (χ0) is 24.8. The number of amides is 3. The van der Waals surface area contributed by atoms with Crippen LogP contribution in [-0.4, -0.2) is 41.2 Å². The zero-order valence-electron chi connectivity index (χ0n) is 19.5. The average molecular weight is 487 g/mol. The van der Waals surface area contributed by atoms with E-state index in [1.165, 1.54) is 6.92 Å². The Morgan fingerprint density at radius 1 is 1.00 bits per heavy atom. The highest BCUT2D eigenvalue weighted by molar-refractivity contribution is 8.13. The molecule has 0 saturated heterocycles. The van der Waals surface area contributed by atoms with Gasteiger partial charge in [0.2, 0.25) is 6.17 Å². The van der Waals surface area contributed by atoms with Crippen LogP contribution in [0.3, 0.4) is 0 Å². The summed E-state index contributed by atoms with van der Waals surface area (Å²) in [4.78, 5) is 44.4. The maximum absolute atomic E-state index is 13.7. The van der Waals surface area contributed by atoms with Crippen LogP contribution in [0.1, 0.15) is 23.6 Å². The van der Waals surface area contributed by atoms with Gasteiger partial charge < -0.3 is 15.5 Å². The fraction of sp³-hybridized carbons (Fsp3) is 0.185. The molecule has 0 spiro atoms. The van der Waals surface area contributed by atoms with Gasteiger partial charge in [-0.2, -0.15) is 0 Å². The molecule has 3 aromatic rings. The molecular formula is C27H26N4O3S. The summed E-state index contributed by atoms with van der Waals surface area (Å²) >= 11 is 1.15. The number of carbonyl (C=O) groups is 3. The first kappa shape index (κ1) is 24.2. The van der Waals surface area contributed by atoms with Gasteiger partial charge in [0.1, 0.15) is 0 Å². The van der Waals surface area contributed by atoms with Crippen LogP contribution >= 0.6 is 11.8 Å². The number of fused-ring (bicyclic) bond motifs is 1. The van der Waals surface area contributed by atoms with Gasteiger partial charge in [0.05, 0.1) is 11.4 Å². The van der Waals surface area contributed by atoms with Crippen LogP contribution in [0.15, 0.2) is 83.9 Å². The molecule has 7 nitrogen and oxygen atoms in total. The first-order valence-corrected chi connectivity index (χ1v) is 12.2. The van der Waals surface area contributed by atoms with Gasteiger partial charge in [-0.05, 0) is 30.7 Å². The summed E-state index contributed by atoms with van der Waals surface area (Å²) < 4.78 is 0. The van der Waals surface area contributed by atoms with Crippen molar-refractivity contribution in [2.75, 3.05) is 22.5 Å². The number of hydrogen-bond acceptors (Lipinski definition) is 5. The average Bonchev–Trinajstić information content (AvgIpc) is 2.95. The highest BCUT2D eigenvalue weighted by Gasteiger charge is 2.32. The summed E-state index contributed by atoms with van der Waals surface area (Å²) in [6, 6.07) is 24.0. The summed E-state index contributed by atoms with van der Waals surface area (Å²) in [6.07, 6.45) is -1.15. The number of benzene rings is 3. The monoisotopic (exact) mass is 486 g/mol. The number of urea groups is 1. The van der Waals surface area contributed by atoms with Crippen LogP contribution in [0.2, 0.25) is 0 Å². The first-order valence-electron chi connectivity index (χ1n) is 11.2. The minimum absolute atomic E-state index is 0.0195. The molecule has 0 radical (unpaired) electrons. The topological polar surface area (TPSA) is 90.9 Å². The van der Waals surface area contributed by atoms with E-state index in [9.17, 15) is 14.4 Å². The van der Waals surface area contributed by atoms with Gasteiger partial charge >= 0.3 is 6.03 Å². The van der Waals surface area contributed by atoms with Crippen molar-refractivity contribution < 1.29 is 14.4 Å². The Hall–Kier alpha value is -3.91. The van der Waals surface area contributed by atoms with Crippen molar-refractivity contribution in [3.05, 3.63) is 95.6 Å². The quantitative estimate of drug-likeness (QED) is 0.533. The largest absolute Gasteiger partial charge is 0.321 e. The third kappa shape index (κ3) is 5.96. The summed E-state index contributed by atoms with van der Waals surface area (Å²) in [7, 11) is 0. The van der Waals surface area contributed by atoms with Gasteiger partial charge in [-0.25, -0.2) is 9.79 Å². The molecule has 0 aromatic heterocycles. The van der Waals surface area contributed by atoms with Crippen molar-refractivity contribution in [1.82, 2.24) is 5.32 Å². The molecule has 0 fully saturated rings. The number of para-hydroxylation sites is 1. The molecule has 1 aliphatic rings. The highest BCUT2D eigenvalue weighted by atomic mass is 32.2. The summed E-state index contributed by atoms with van der Waals surface area (Å²) in [5.41, 5.74) is 4.53. The number of hydrogen-bond donors (Lipinski definition) is 2. The smallest absolute Gasteiger partial charge is 0.308 e. The minimum Gasteiger partial charge on any atom is -0.308 e. The van der Waals surface area contributed by atoms with Crippen molar-refractivity contribution in [1.29, 1.82) is 0 Å². The molecule has 2 N–H and O–H groups in total. The molecule has 3 aromatic carbocycles. The number of rotatable bonds is 6. The number of anilines is 2. The minimum atomic E-state index is -1.15. The van der Waals surface area contributed by atoms with Crippen LogP contribution in [0, 0.1) is 6.92 Å². The highest BCUT2D eigenvalue weighted by Crippen LogP contribution is 2.28. The maximum Gasteiger partial charge on any atom is 0.321 e. The van der Waals surface area contributed by atoms with Crippen LogP contribution < -0.4 is 15.5 Å². The fourth-order valence-electron chi connectivity index (χ4n) is 3.87. The molecule has 0 aliphatic carbocycles. The van der Waals surface area contributed by atoms with Crippen LogP contribution in [0.25, 0.3) is 0 Å². The van der Waals surface area contributed by atoms with Gasteiger partial charge in [0, 0.05) is 36.0 Å². The molecule has 8 heteroatoms. The van der Waals surface area contributed by atoms with E-state index in [0.717, 1.165) is 28.5 Å². The van der Waals surface area contributed by atoms with Crippen LogP contribution in [0.4, 0.5) is 16.2 Å². The Balaban J connectivity index is 1.70. The first-order chi connectivity index (χ1) is 16.9. The molecule has 1 heterocycles. The van der Waals surface area contributed by atoms with Gasteiger partial charge in [0.15, 0.2) is 5.12 Å². The second-order valence-corrected chi connectivity index (χ2v) is 9.33. The predicted molar refractivity (Wildman–Crippen MR) is 141 cm³/mol. The SMILES string of the molecule is CC(=O)SCCN1C(=O)C(NC(=O)Nc2cccc(C)c2)N=C(c2ccccc2)c2ccccc21. The number of aliphatic imine (C=N–C) groups is 1. The van der Waals surface area contributed by atoms with Crippen LogP contribution in [-0.2, 0) is 9.59 Å². The molecule has 35 heavy (non-hydrogen) atoms. The Morgan fingerprint density at radius 3 is 2.49 bits per heavy atom. The molecule has 0 saturated carbocycles. The predicted octanol–water partition coefficient (Wildman–Crippen LogP) is 4.61. The third-order valence-electron chi connectivity index (χ3n) is 5.42. The normalized spacial score (nSPS) is 15.0. The van der Waals surface area contributed by atoms with E-state index in [1.807, 2.05) is 79.7 Å². The van der Waals surface area contributed by atoms with Crippen molar-refractivity contribution >= 4 is 45.9 Å². The van der Waals surface area contributed by atoms with E-state index in [-0.39, 0.29) is 11.0 Å². The summed E-state index contributed by atoms with van der Waals surface area (Å²) in [5.74, 6) is 0.0603. The Labute approximate surface area is 208 Å². The van der Waals surface area contributed by atoms with E-state index in [4.69, 9.17) is 4.99 Å². The molecule has 1 unspecified atom stereocenters. The number of benzodiazepines with no additional fused rings is 1. The lowest BCUT2D eigenvalue weighted by molar-refractivity contribution is -0.120. The van der Waals surface area contributed by atoms with Crippen molar-refractivity contribution in [2.24, 2.45) is 4.99 Å². The Bertz CT molecular complexity index is 1280. The number of aryl methyl sites for hydroxylation is 1. The van der Waals surface area contributed by atoms with Gasteiger partial charge in [-0.3, -0.25) is 9.59 Å². The standard InChI is InChI=1S/C27H26N4O3S/c1-18-9-8-12-21(17-18)28-27(34)30-25-26(33)31(15-16-35-19(2)32)23-14-7-6-13-22(23)24(29-25)20-10-4-3-5-11-20/h3-14,17,25H,15-16H2,1-2H3,(H2,28,30,34). The number of nitrogens with one attached hydrogen (secondary N) is 2. The molecule has 0 bridgehead atoms. The maximum atomic E-state index is 13.7. The third-order valence-corrected chi connectivity index (χ3v) is 6.21. The molecule has 3 amide bonds. The van der Waals surface area contributed by atoms with Crippen molar-refractivity contribution in [3.63, 3.8) is 0 Å². The molecule has 178 valence electrons. The Kier molecular flexibility index (Phi) is 7.62. The second kappa shape index (κ2) is 11.0. The van der Waals surface area contributed by atoms with Crippen molar-refractivity contribution in [3.8, 4) is 0 Å². The number of nitrogens with zero attached hydrogens (tertiary/aromatic N) is 2. The van der Waals surface area contributed by atoms with Gasteiger partial charge in [-0.1, -0.05) is 72.4 Å². The van der Waals surface area contributed by atoms with Gasteiger partial charge in [0.25, 0.3) is 5.91 Å². The van der Waals surface area contributed by atoms with Gasteiger partial charge in [-0.15, -0.1) is 0 Å². The summed E-state index contributed by atoms with van der Waals surface area (Å²) in [6.45, 7) is 3.73. The summed E-state index contributed by atoms with van der Waals surface area (Å²) in [5, 5.41) is 5.50. The Morgan fingerprint density at radius 2 is 1.74 bits per heavy atom. The fourth-order valence-corrected chi connectivity index (χ4v) is 4.44. The number of thioether (sulfide) groups is 1. The van der Waals surface area contributed by atoms with E-state index in [2.05, 4.69) is 10.6 Å². The van der Waals surface area contributed by atoms with E-state index in [0.29, 0.717) is 29.4 Å². The lowest BCUT2D eigenvalue weighted by Gasteiger charge is -2.25. The second-order valence-electron chi connectivity index (χ2n) is 8.06. The van der Waals surface area contributed by atoms with E-state index < -0.39 is 12.2 Å². The molecule has 1 atom stereocenters. The zero-order valence-corrected chi connectivity index (χ0v) is 20.3. The lowest BCUT2D eigenvalue weighted by atomic mass is 10.0. The molecular weight excluding hydrogens is 460 g/mol. The van der Waals surface area contributed by atoms with Crippen LogP contribution in [0.5, 0.6) is 0 Å². The number of carbonyl (C=O) groups excluding carboxylic acids is 3.